The number of hydrogen-bond acceptors (Lipinski definition) is 7. The molecule has 0 aliphatic carbocycles. The summed E-state index contributed by atoms with van der Waals surface area (Å²) in [4.78, 5) is 23.9. The van der Waals surface area contributed by atoms with Crippen LogP contribution in [0.1, 0.15) is 22.8 Å². The number of carbonyl (C=O) groups is 1. The van der Waals surface area contributed by atoms with Crippen LogP contribution in [0.25, 0.3) is 0 Å². The van der Waals surface area contributed by atoms with Crippen molar-refractivity contribution in [1.82, 2.24) is 9.97 Å². The maximum Gasteiger partial charge on any atom is 0.159 e. The predicted octanol–water partition coefficient (Wildman–Crippen LogP) is 1.99. The quantitative estimate of drug-likeness (QED) is 0.494. The van der Waals surface area contributed by atoms with Gasteiger partial charge in [0, 0.05) is 11.3 Å². The number of ketones is 1. The van der Waals surface area contributed by atoms with Crippen molar-refractivity contribution in [3.63, 3.8) is 0 Å². The normalized spacial score (nSPS) is 10.6. The molecule has 0 amide bonds. The van der Waals surface area contributed by atoms with Gasteiger partial charge in [-0.1, -0.05) is 5.16 Å². The summed E-state index contributed by atoms with van der Waals surface area (Å²) in [6.45, 7) is 1.52. The number of nitrogens with one attached hydrogen (secondary N) is 1. The summed E-state index contributed by atoms with van der Waals surface area (Å²) >= 11 is 0. The van der Waals surface area contributed by atoms with Gasteiger partial charge in [-0.25, -0.2) is 9.97 Å². The van der Waals surface area contributed by atoms with Crippen LogP contribution in [0.4, 0.5) is 17.3 Å². The van der Waals surface area contributed by atoms with Crippen LogP contribution in [0.3, 0.4) is 0 Å². The summed E-state index contributed by atoms with van der Waals surface area (Å²) in [5, 5.41) is 6.77. The zero-order chi connectivity index (χ0) is 15.2. The minimum atomic E-state index is 0.0146. The number of aromatic nitrogens is 2. The molecule has 0 spiro atoms. The van der Waals surface area contributed by atoms with Gasteiger partial charge in [-0.2, -0.15) is 0 Å². The van der Waals surface area contributed by atoms with Crippen LogP contribution in [0.2, 0.25) is 0 Å². The molecular weight excluding hydrogens is 270 g/mol. The van der Waals surface area contributed by atoms with Crippen molar-refractivity contribution in [2.45, 2.75) is 6.92 Å². The van der Waals surface area contributed by atoms with Gasteiger partial charge in [-0.15, -0.1) is 0 Å². The van der Waals surface area contributed by atoms with Gasteiger partial charge in [0.25, 0.3) is 0 Å². The molecule has 108 valence electrons. The molecule has 21 heavy (non-hydrogen) atoms. The molecule has 0 saturated carbocycles. The molecule has 2 rings (SSSR count). The number of rotatable bonds is 5. The lowest BCUT2D eigenvalue weighted by molar-refractivity contribution is 0.101. The fourth-order valence-electron chi connectivity index (χ4n) is 1.67. The van der Waals surface area contributed by atoms with Crippen molar-refractivity contribution < 1.29 is 9.63 Å². The highest BCUT2D eigenvalue weighted by molar-refractivity contribution is 5.95. The number of nitrogens with two attached hydrogens (primary N) is 1. The van der Waals surface area contributed by atoms with Gasteiger partial charge in [0.05, 0.1) is 11.8 Å². The molecule has 0 atom stereocenters. The van der Waals surface area contributed by atoms with Crippen LogP contribution in [0.5, 0.6) is 0 Å². The molecule has 3 N–H and O–H groups in total. The molecule has 0 aliphatic rings. The summed E-state index contributed by atoms with van der Waals surface area (Å²) in [5.74, 6) is 0.799. The standard InChI is InChI=1S/C14H15N5O2/c1-9(20)10-3-5-11(6-4-10)19-14-12(7-18-21-2)13(15)16-8-17-14/h3-8H,1-2H3,(H3,15,16,17,19). The molecule has 0 radical (unpaired) electrons. The minimum absolute atomic E-state index is 0.0146. The number of oxime groups is 1. The van der Waals surface area contributed by atoms with E-state index in [0.717, 1.165) is 5.69 Å². The highest BCUT2D eigenvalue weighted by atomic mass is 16.6. The largest absolute Gasteiger partial charge is 0.399 e. The first-order valence-electron chi connectivity index (χ1n) is 6.17. The highest BCUT2D eigenvalue weighted by Gasteiger charge is 2.08. The monoisotopic (exact) mass is 285 g/mol. The lowest BCUT2D eigenvalue weighted by Gasteiger charge is -2.09. The van der Waals surface area contributed by atoms with E-state index in [0.29, 0.717) is 16.9 Å². The number of hydrogen-bond donors (Lipinski definition) is 2. The van der Waals surface area contributed by atoms with Gasteiger partial charge in [0.15, 0.2) is 5.78 Å². The second-order valence-electron chi connectivity index (χ2n) is 4.20. The smallest absolute Gasteiger partial charge is 0.159 e. The Morgan fingerprint density at radius 2 is 2.05 bits per heavy atom. The van der Waals surface area contributed by atoms with Crippen LogP contribution < -0.4 is 11.1 Å². The fraction of sp³-hybridized carbons (Fsp3) is 0.143. The number of Topliss-reactive ketones (excluding diaryl/α,β-unsaturated/α-hetero) is 1. The van der Waals surface area contributed by atoms with Crippen molar-refractivity contribution in [2.75, 3.05) is 18.2 Å². The average molecular weight is 285 g/mol. The number of anilines is 3. The van der Waals surface area contributed by atoms with Gasteiger partial charge in [-0.05, 0) is 31.2 Å². The third-order valence-electron chi connectivity index (χ3n) is 2.76. The van der Waals surface area contributed by atoms with Crippen molar-refractivity contribution in [3.8, 4) is 0 Å². The van der Waals surface area contributed by atoms with Gasteiger partial charge in [-0.3, -0.25) is 4.79 Å². The van der Waals surface area contributed by atoms with Crippen molar-refractivity contribution in [1.29, 1.82) is 0 Å². The summed E-state index contributed by atoms with van der Waals surface area (Å²) < 4.78 is 0. The van der Waals surface area contributed by atoms with Gasteiger partial charge < -0.3 is 15.9 Å². The first-order chi connectivity index (χ1) is 10.1. The molecule has 1 heterocycles. The number of benzene rings is 1. The van der Waals surface area contributed by atoms with E-state index in [-0.39, 0.29) is 11.6 Å². The van der Waals surface area contributed by atoms with E-state index in [1.807, 2.05) is 0 Å². The molecule has 7 heteroatoms. The maximum atomic E-state index is 11.2. The third kappa shape index (κ3) is 3.53. The molecule has 0 unspecified atom stereocenters. The van der Waals surface area contributed by atoms with E-state index in [2.05, 4.69) is 25.3 Å². The molecule has 7 nitrogen and oxygen atoms in total. The summed E-state index contributed by atoms with van der Waals surface area (Å²) in [5.41, 5.74) is 7.73. The van der Waals surface area contributed by atoms with Crippen LogP contribution in [-0.2, 0) is 4.84 Å². The zero-order valence-corrected chi connectivity index (χ0v) is 11.7. The third-order valence-corrected chi connectivity index (χ3v) is 2.76. The topological polar surface area (TPSA) is 102 Å². The Morgan fingerprint density at radius 1 is 1.33 bits per heavy atom. The van der Waals surface area contributed by atoms with Gasteiger partial charge >= 0.3 is 0 Å². The van der Waals surface area contributed by atoms with Gasteiger partial charge in [0.1, 0.15) is 25.1 Å². The van der Waals surface area contributed by atoms with Crippen molar-refractivity contribution >= 4 is 29.3 Å². The van der Waals surface area contributed by atoms with E-state index in [4.69, 9.17) is 5.73 Å². The lowest BCUT2D eigenvalue weighted by Crippen LogP contribution is -2.05. The average Bonchev–Trinajstić information content (AvgIpc) is 2.47. The fourth-order valence-corrected chi connectivity index (χ4v) is 1.67. The molecular formula is C14H15N5O2. The zero-order valence-electron chi connectivity index (χ0n) is 11.7. The second-order valence-corrected chi connectivity index (χ2v) is 4.20. The molecule has 0 saturated heterocycles. The van der Waals surface area contributed by atoms with E-state index < -0.39 is 0 Å². The van der Waals surface area contributed by atoms with E-state index in [9.17, 15) is 4.79 Å². The van der Waals surface area contributed by atoms with Crippen LogP contribution in [-0.4, -0.2) is 29.1 Å². The van der Waals surface area contributed by atoms with E-state index in [1.165, 1.54) is 26.6 Å². The molecule has 2 aromatic rings. The summed E-state index contributed by atoms with van der Waals surface area (Å²) in [7, 11) is 1.43. The Hall–Kier alpha value is -2.96. The van der Waals surface area contributed by atoms with Crippen LogP contribution in [0.15, 0.2) is 35.7 Å². The Labute approximate surface area is 121 Å². The molecule has 1 aromatic carbocycles. The van der Waals surface area contributed by atoms with E-state index in [1.54, 1.807) is 24.3 Å². The van der Waals surface area contributed by atoms with Crippen LogP contribution in [0, 0.1) is 0 Å². The minimum Gasteiger partial charge on any atom is -0.399 e. The Kier molecular flexibility index (Phi) is 4.45. The number of nitrogen functional groups attached to an aromatic ring is 1. The Bertz CT molecular complexity index is 668. The first-order valence-corrected chi connectivity index (χ1v) is 6.17. The van der Waals surface area contributed by atoms with E-state index >= 15 is 0 Å². The van der Waals surface area contributed by atoms with Crippen LogP contribution >= 0.6 is 0 Å². The summed E-state index contributed by atoms with van der Waals surface area (Å²) in [6.07, 6.45) is 2.79. The molecule has 0 bridgehead atoms. The summed E-state index contributed by atoms with van der Waals surface area (Å²) in [6, 6.07) is 7.04. The molecule has 0 aliphatic heterocycles. The highest BCUT2D eigenvalue weighted by Crippen LogP contribution is 2.20. The lowest BCUT2D eigenvalue weighted by atomic mass is 10.1. The SMILES string of the molecule is CON=Cc1c(N)ncnc1Nc1ccc(C(C)=O)cc1. The van der Waals surface area contributed by atoms with Gasteiger partial charge in [0.2, 0.25) is 0 Å². The van der Waals surface area contributed by atoms with Crippen molar-refractivity contribution in [3.05, 3.63) is 41.7 Å². The Morgan fingerprint density at radius 3 is 2.67 bits per heavy atom. The molecule has 1 aromatic heterocycles. The Balaban J connectivity index is 2.28. The predicted molar refractivity (Wildman–Crippen MR) is 80.8 cm³/mol. The van der Waals surface area contributed by atoms with Crippen molar-refractivity contribution in [2.24, 2.45) is 5.16 Å². The number of carbonyl (C=O) groups excluding carboxylic acids is 1. The first kappa shape index (κ1) is 14.4. The number of nitrogens with zero attached hydrogens (tertiary/aromatic N) is 3. The molecule has 0 fully saturated rings. The maximum absolute atomic E-state index is 11.2. The second kappa shape index (κ2) is 6.47.